The van der Waals surface area contributed by atoms with Crippen LogP contribution in [-0.2, 0) is 5.41 Å². The summed E-state index contributed by atoms with van der Waals surface area (Å²) in [7, 11) is 0. The van der Waals surface area contributed by atoms with Gasteiger partial charge in [0.25, 0.3) is 0 Å². The van der Waals surface area contributed by atoms with Crippen molar-refractivity contribution in [2.45, 2.75) is 5.41 Å². The molecule has 3 nitrogen and oxygen atoms in total. The maximum Gasteiger partial charge on any atom is 0.136 e. The topological polar surface area (TPSA) is 31.0 Å². The summed E-state index contributed by atoms with van der Waals surface area (Å²) in [5.41, 5.74) is 21.1. The van der Waals surface area contributed by atoms with Gasteiger partial charge in [-0.1, -0.05) is 170 Å². The standard InChI is InChI=1S/C60H36N2O/c1-3-15-37(16-4-1)41-34-52(38-17-5-2-6-18-38)61-53(35-41)46-22-14-24-50-58(46)47-33-39(40-29-31-44-43-20-8-12-28-56(43)63-57(44)36-40)30-32-48(47)60(50)49-23-9-11-27-55(49)62-54-26-10-7-19-42(54)45-21-13-25-51(60)59(45)62/h1-36H. The molecule has 1 spiro atoms. The van der Waals surface area contributed by atoms with Gasteiger partial charge in [0.05, 0.1) is 33.5 Å². The molecule has 0 saturated heterocycles. The normalized spacial score (nSPS) is 14.7. The minimum absolute atomic E-state index is 0.609. The van der Waals surface area contributed by atoms with E-state index >= 15 is 0 Å². The average Bonchev–Trinajstić information content (AvgIpc) is 4.00. The Labute approximate surface area is 363 Å². The third kappa shape index (κ3) is 4.71. The molecule has 0 fully saturated rings. The van der Waals surface area contributed by atoms with Crippen molar-refractivity contribution < 1.29 is 4.42 Å². The molecule has 4 heterocycles. The number of hydrogen-bond donors (Lipinski definition) is 0. The molecule has 0 radical (unpaired) electrons. The molecule has 1 atom stereocenters. The van der Waals surface area contributed by atoms with Gasteiger partial charge in [-0.25, -0.2) is 4.98 Å². The molecule has 0 bridgehead atoms. The highest BCUT2D eigenvalue weighted by molar-refractivity contribution is 6.13. The van der Waals surface area contributed by atoms with E-state index in [9.17, 15) is 0 Å². The summed E-state index contributed by atoms with van der Waals surface area (Å²) in [5, 5.41) is 4.79. The summed E-state index contributed by atoms with van der Waals surface area (Å²) >= 11 is 0. The van der Waals surface area contributed by atoms with E-state index in [0.29, 0.717) is 0 Å². The van der Waals surface area contributed by atoms with Crippen molar-refractivity contribution in [3.05, 3.63) is 241 Å². The van der Waals surface area contributed by atoms with Gasteiger partial charge >= 0.3 is 0 Å². The van der Waals surface area contributed by atoms with Crippen molar-refractivity contribution in [1.82, 2.24) is 9.55 Å². The first-order chi connectivity index (χ1) is 31.2. The zero-order chi connectivity index (χ0) is 41.2. The highest BCUT2D eigenvalue weighted by Crippen LogP contribution is 2.63. The van der Waals surface area contributed by atoms with Gasteiger partial charge in [-0.2, -0.15) is 0 Å². The molecule has 12 aromatic rings. The lowest BCUT2D eigenvalue weighted by molar-refractivity contribution is 0.669. The second kappa shape index (κ2) is 12.9. The minimum Gasteiger partial charge on any atom is -0.456 e. The van der Waals surface area contributed by atoms with Crippen molar-refractivity contribution in [2.24, 2.45) is 0 Å². The van der Waals surface area contributed by atoms with E-state index < -0.39 is 5.41 Å². The van der Waals surface area contributed by atoms with Gasteiger partial charge in [0.2, 0.25) is 0 Å². The second-order valence-electron chi connectivity index (χ2n) is 17.0. The molecule has 14 rings (SSSR count). The fourth-order valence-corrected chi connectivity index (χ4v) is 11.2. The van der Waals surface area contributed by atoms with E-state index in [4.69, 9.17) is 9.40 Å². The monoisotopic (exact) mass is 800 g/mol. The van der Waals surface area contributed by atoms with Crippen LogP contribution in [0.5, 0.6) is 0 Å². The molecule has 0 N–H and O–H groups in total. The first kappa shape index (κ1) is 34.4. The van der Waals surface area contributed by atoms with Crippen LogP contribution in [0.1, 0.15) is 22.3 Å². The van der Waals surface area contributed by atoms with Crippen LogP contribution in [0.4, 0.5) is 0 Å². The van der Waals surface area contributed by atoms with Crippen LogP contribution in [0, 0.1) is 0 Å². The molecule has 9 aromatic carbocycles. The molecule has 0 amide bonds. The van der Waals surface area contributed by atoms with Crippen molar-refractivity contribution in [1.29, 1.82) is 0 Å². The van der Waals surface area contributed by atoms with Crippen LogP contribution >= 0.6 is 0 Å². The molecule has 3 heteroatoms. The average molecular weight is 801 g/mol. The zero-order valence-corrected chi connectivity index (χ0v) is 34.1. The first-order valence-corrected chi connectivity index (χ1v) is 21.7. The number of aromatic nitrogens is 2. The minimum atomic E-state index is -0.609. The molecular formula is C60H36N2O. The van der Waals surface area contributed by atoms with Crippen LogP contribution in [0.2, 0.25) is 0 Å². The fraction of sp³-hybridized carbons (Fsp3) is 0.0167. The van der Waals surface area contributed by atoms with E-state index in [1.807, 2.05) is 12.1 Å². The summed E-state index contributed by atoms with van der Waals surface area (Å²) in [6.45, 7) is 0. The number of fused-ring (bicyclic) bond motifs is 15. The van der Waals surface area contributed by atoms with Gasteiger partial charge in [0, 0.05) is 32.7 Å². The maximum atomic E-state index is 6.44. The van der Waals surface area contributed by atoms with Gasteiger partial charge in [0.15, 0.2) is 0 Å². The maximum absolute atomic E-state index is 6.44. The Kier molecular flexibility index (Phi) is 7.04. The number of furan rings is 1. The highest BCUT2D eigenvalue weighted by Gasteiger charge is 2.51. The van der Waals surface area contributed by atoms with Gasteiger partial charge < -0.3 is 8.98 Å². The summed E-state index contributed by atoms with van der Waals surface area (Å²) in [6.07, 6.45) is 0. The SMILES string of the molecule is c1ccc(-c2cc(-c3ccccc3)nc(-c3cccc4c3-c3cc(-c5ccc6c(c5)oc5ccccc56)ccc3C43c4ccccc4-n4c5ccccc5c5cccc3c54)c2)cc1. The Morgan fingerprint density at radius 3 is 1.90 bits per heavy atom. The van der Waals surface area contributed by atoms with Crippen LogP contribution in [0.3, 0.4) is 0 Å². The quantitative estimate of drug-likeness (QED) is 0.177. The lowest BCUT2D eigenvalue weighted by Crippen LogP contribution is -2.33. The number of hydrogen-bond acceptors (Lipinski definition) is 2. The molecule has 63 heavy (non-hydrogen) atoms. The van der Waals surface area contributed by atoms with Gasteiger partial charge in [-0.05, 0) is 104 Å². The highest BCUT2D eigenvalue weighted by atomic mass is 16.3. The smallest absolute Gasteiger partial charge is 0.136 e. The zero-order valence-electron chi connectivity index (χ0n) is 34.1. The molecule has 1 aliphatic carbocycles. The predicted molar refractivity (Wildman–Crippen MR) is 258 cm³/mol. The second-order valence-corrected chi connectivity index (χ2v) is 17.0. The van der Waals surface area contributed by atoms with Crippen LogP contribution in [0.25, 0.3) is 105 Å². The molecule has 1 aliphatic heterocycles. The number of para-hydroxylation sites is 4. The van der Waals surface area contributed by atoms with E-state index in [0.717, 1.165) is 66.7 Å². The van der Waals surface area contributed by atoms with Crippen molar-refractivity contribution in [3.8, 4) is 61.6 Å². The van der Waals surface area contributed by atoms with E-state index in [1.165, 1.54) is 60.9 Å². The molecular weight excluding hydrogens is 765 g/mol. The third-order valence-electron chi connectivity index (χ3n) is 13.8. The van der Waals surface area contributed by atoms with Gasteiger partial charge in [-0.15, -0.1) is 0 Å². The van der Waals surface area contributed by atoms with Crippen LogP contribution in [0.15, 0.2) is 223 Å². The fourth-order valence-electron chi connectivity index (χ4n) is 11.2. The number of nitrogens with zero attached hydrogens (tertiary/aromatic N) is 2. The predicted octanol–water partition coefficient (Wildman–Crippen LogP) is 15.4. The first-order valence-electron chi connectivity index (χ1n) is 21.7. The summed E-state index contributed by atoms with van der Waals surface area (Å²) < 4.78 is 8.95. The van der Waals surface area contributed by atoms with E-state index in [2.05, 4.69) is 211 Å². The Morgan fingerprint density at radius 1 is 0.365 bits per heavy atom. The number of pyridine rings is 1. The Balaban J connectivity index is 1.10. The van der Waals surface area contributed by atoms with E-state index in [-0.39, 0.29) is 0 Å². The molecule has 0 saturated carbocycles. The Bertz CT molecular complexity index is 3800. The van der Waals surface area contributed by atoms with Crippen molar-refractivity contribution >= 4 is 43.7 Å². The number of rotatable bonds is 4. The molecule has 3 aromatic heterocycles. The number of benzene rings is 9. The Hall–Kier alpha value is -8.27. The van der Waals surface area contributed by atoms with Gasteiger partial charge in [0.1, 0.15) is 11.2 Å². The van der Waals surface area contributed by atoms with Crippen LogP contribution < -0.4 is 0 Å². The van der Waals surface area contributed by atoms with Gasteiger partial charge in [-0.3, -0.25) is 0 Å². The summed E-state index contributed by atoms with van der Waals surface area (Å²) in [4.78, 5) is 5.55. The lowest BCUT2D eigenvalue weighted by atomic mass is 9.65. The summed E-state index contributed by atoms with van der Waals surface area (Å²) in [6, 6.07) is 79.7. The molecule has 292 valence electrons. The van der Waals surface area contributed by atoms with Crippen molar-refractivity contribution in [3.63, 3.8) is 0 Å². The largest absolute Gasteiger partial charge is 0.456 e. The van der Waals surface area contributed by atoms with Crippen LogP contribution in [-0.4, -0.2) is 9.55 Å². The summed E-state index contributed by atoms with van der Waals surface area (Å²) in [5.74, 6) is 0. The van der Waals surface area contributed by atoms with E-state index in [1.54, 1.807) is 0 Å². The van der Waals surface area contributed by atoms with Crippen molar-refractivity contribution in [2.75, 3.05) is 0 Å². The molecule has 1 unspecified atom stereocenters. The Morgan fingerprint density at radius 2 is 1.02 bits per heavy atom. The lowest BCUT2D eigenvalue weighted by Gasteiger charge is -2.39. The molecule has 2 aliphatic rings. The third-order valence-corrected chi connectivity index (χ3v) is 13.8.